The number of benzene rings is 1. The molecule has 2 aromatic rings. The summed E-state index contributed by atoms with van der Waals surface area (Å²) in [7, 11) is 0. The van der Waals surface area contributed by atoms with E-state index >= 15 is 0 Å². The van der Waals surface area contributed by atoms with E-state index in [1.54, 1.807) is 12.4 Å². The summed E-state index contributed by atoms with van der Waals surface area (Å²) in [6.07, 6.45) is 4.74. The summed E-state index contributed by atoms with van der Waals surface area (Å²) in [4.78, 5) is 26.1. The van der Waals surface area contributed by atoms with Crippen molar-refractivity contribution < 1.29 is 14.5 Å². The van der Waals surface area contributed by atoms with Crippen LogP contribution in [0.2, 0.25) is 5.02 Å². The Kier molecular flexibility index (Phi) is 5.43. The van der Waals surface area contributed by atoms with Crippen molar-refractivity contribution in [1.82, 2.24) is 4.98 Å². The second kappa shape index (κ2) is 7.51. The third-order valence-corrected chi connectivity index (χ3v) is 3.20. The van der Waals surface area contributed by atoms with E-state index in [9.17, 15) is 14.9 Å². The van der Waals surface area contributed by atoms with E-state index in [1.807, 2.05) is 12.1 Å². The topological polar surface area (TPSA) is 82.3 Å². The van der Waals surface area contributed by atoms with Crippen molar-refractivity contribution in [3.8, 4) is 0 Å². The predicted octanol–water partition coefficient (Wildman–Crippen LogP) is 3.43. The highest BCUT2D eigenvalue weighted by Gasteiger charge is 2.21. The molecule has 1 heterocycles. The standard InChI is InChI=1S/C15H13ClN2O4/c16-12-3-4-13(14(10-12)18(20)21)15(19)22-9-1-2-11-5-7-17-8-6-11/h3-8,10H,1-2,9H2. The molecule has 1 aromatic carbocycles. The Balaban J connectivity index is 1.91. The zero-order valence-electron chi connectivity index (χ0n) is 11.6. The molecule has 0 N–H and O–H groups in total. The number of nitro groups is 1. The molecule has 22 heavy (non-hydrogen) atoms. The Morgan fingerprint density at radius 3 is 2.68 bits per heavy atom. The van der Waals surface area contributed by atoms with E-state index in [-0.39, 0.29) is 22.9 Å². The largest absolute Gasteiger partial charge is 0.462 e. The number of hydrogen-bond acceptors (Lipinski definition) is 5. The van der Waals surface area contributed by atoms with Crippen molar-refractivity contribution in [2.75, 3.05) is 6.61 Å². The van der Waals surface area contributed by atoms with Gasteiger partial charge < -0.3 is 4.74 Å². The number of aromatic nitrogens is 1. The number of pyridine rings is 1. The number of nitrogens with zero attached hydrogens (tertiary/aromatic N) is 2. The van der Waals surface area contributed by atoms with Gasteiger partial charge in [-0.25, -0.2) is 4.79 Å². The fourth-order valence-electron chi connectivity index (χ4n) is 1.90. The molecule has 0 amide bonds. The van der Waals surface area contributed by atoms with Gasteiger partial charge >= 0.3 is 5.97 Å². The van der Waals surface area contributed by atoms with Crippen LogP contribution in [0.1, 0.15) is 22.3 Å². The van der Waals surface area contributed by atoms with Gasteiger partial charge in [-0.2, -0.15) is 0 Å². The molecule has 0 atom stereocenters. The van der Waals surface area contributed by atoms with Crippen molar-refractivity contribution in [1.29, 1.82) is 0 Å². The SMILES string of the molecule is O=C(OCCCc1ccncc1)c1ccc(Cl)cc1[N+](=O)[O-]. The molecule has 0 radical (unpaired) electrons. The van der Waals surface area contributed by atoms with E-state index in [0.29, 0.717) is 6.42 Å². The summed E-state index contributed by atoms with van der Waals surface area (Å²) in [6.45, 7) is 0.181. The smallest absolute Gasteiger partial charge is 0.345 e. The molecule has 0 saturated heterocycles. The van der Waals surface area contributed by atoms with Crippen LogP contribution in [-0.4, -0.2) is 22.5 Å². The van der Waals surface area contributed by atoms with Gasteiger partial charge in [-0.05, 0) is 42.7 Å². The highest BCUT2D eigenvalue weighted by atomic mass is 35.5. The average molecular weight is 321 g/mol. The molecule has 0 aliphatic heterocycles. The van der Waals surface area contributed by atoms with Gasteiger partial charge in [0, 0.05) is 23.5 Å². The molecule has 0 saturated carbocycles. The molecule has 1 aromatic heterocycles. The van der Waals surface area contributed by atoms with E-state index in [2.05, 4.69) is 4.98 Å². The van der Waals surface area contributed by atoms with Crippen LogP contribution < -0.4 is 0 Å². The highest BCUT2D eigenvalue weighted by Crippen LogP contribution is 2.23. The lowest BCUT2D eigenvalue weighted by molar-refractivity contribution is -0.385. The quantitative estimate of drug-likeness (QED) is 0.352. The number of esters is 1. The molecule has 0 fully saturated rings. The minimum Gasteiger partial charge on any atom is -0.462 e. The third-order valence-electron chi connectivity index (χ3n) is 2.97. The normalized spacial score (nSPS) is 10.2. The molecule has 114 valence electrons. The molecular formula is C15H13ClN2O4. The lowest BCUT2D eigenvalue weighted by Crippen LogP contribution is -2.09. The first-order valence-corrected chi connectivity index (χ1v) is 6.95. The molecule has 0 unspecified atom stereocenters. The minimum atomic E-state index is -0.724. The van der Waals surface area contributed by atoms with Crippen molar-refractivity contribution in [3.63, 3.8) is 0 Å². The lowest BCUT2D eigenvalue weighted by Gasteiger charge is -2.06. The average Bonchev–Trinajstić information content (AvgIpc) is 2.52. The predicted molar refractivity (Wildman–Crippen MR) is 80.9 cm³/mol. The van der Waals surface area contributed by atoms with Crippen LogP contribution in [0.15, 0.2) is 42.7 Å². The molecule has 2 rings (SSSR count). The molecule has 7 heteroatoms. The van der Waals surface area contributed by atoms with Crippen LogP contribution in [0.25, 0.3) is 0 Å². The first-order chi connectivity index (χ1) is 10.6. The molecule has 0 aliphatic carbocycles. The van der Waals surface area contributed by atoms with Gasteiger partial charge in [0.05, 0.1) is 11.5 Å². The number of nitro benzene ring substituents is 1. The summed E-state index contributed by atoms with van der Waals surface area (Å²) < 4.78 is 5.08. The van der Waals surface area contributed by atoms with Crippen LogP contribution >= 0.6 is 11.6 Å². The highest BCUT2D eigenvalue weighted by molar-refractivity contribution is 6.31. The van der Waals surface area contributed by atoms with Gasteiger partial charge in [-0.1, -0.05) is 11.6 Å². The number of rotatable bonds is 6. The van der Waals surface area contributed by atoms with Crippen molar-refractivity contribution >= 4 is 23.3 Å². The van der Waals surface area contributed by atoms with Gasteiger partial charge in [0.25, 0.3) is 5.69 Å². The fourth-order valence-corrected chi connectivity index (χ4v) is 2.06. The van der Waals surface area contributed by atoms with Crippen LogP contribution in [0, 0.1) is 10.1 Å². The van der Waals surface area contributed by atoms with E-state index in [0.717, 1.165) is 18.1 Å². The third kappa shape index (κ3) is 4.26. The number of carbonyl (C=O) groups is 1. The summed E-state index contributed by atoms with van der Waals surface area (Å²) in [6, 6.07) is 7.61. The molecule has 6 nitrogen and oxygen atoms in total. The van der Waals surface area contributed by atoms with Gasteiger partial charge in [0.1, 0.15) is 5.56 Å². The number of halogens is 1. The summed E-state index contributed by atoms with van der Waals surface area (Å²) in [5, 5.41) is 11.1. The van der Waals surface area contributed by atoms with Crippen molar-refractivity contribution in [3.05, 3.63) is 69.0 Å². The molecule has 0 spiro atoms. The van der Waals surface area contributed by atoms with Gasteiger partial charge in [-0.3, -0.25) is 15.1 Å². The van der Waals surface area contributed by atoms with Crippen LogP contribution in [0.3, 0.4) is 0 Å². The van der Waals surface area contributed by atoms with E-state index < -0.39 is 10.9 Å². The minimum absolute atomic E-state index is 0.0988. The number of hydrogen-bond donors (Lipinski definition) is 0. The summed E-state index contributed by atoms with van der Waals surface area (Å²) in [5.74, 6) is -0.724. The maximum Gasteiger partial charge on any atom is 0.345 e. The van der Waals surface area contributed by atoms with Gasteiger partial charge in [0.15, 0.2) is 0 Å². The van der Waals surface area contributed by atoms with Crippen LogP contribution in [0.5, 0.6) is 0 Å². The van der Waals surface area contributed by atoms with Crippen LogP contribution in [-0.2, 0) is 11.2 Å². The number of carbonyl (C=O) groups excluding carboxylic acids is 1. The van der Waals surface area contributed by atoms with Gasteiger partial charge in [0.2, 0.25) is 0 Å². The second-order valence-corrected chi connectivity index (χ2v) is 4.95. The zero-order valence-corrected chi connectivity index (χ0v) is 12.3. The summed E-state index contributed by atoms with van der Waals surface area (Å²) >= 11 is 5.70. The lowest BCUT2D eigenvalue weighted by atomic mass is 10.1. The van der Waals surface area contributed by atoms with Crippen molar-refractivity contribution in [2.45, 2.75) is 12.8 Å². The maximum absolute atomic E-state index is 11.9. The second-order valence-electron chi connectivity index (χ2n) is 4.51. The van der Waals surface area contributed by atoms with Crippen molar-refractivity contribution in [2.24, 2.45) is 0 Å². The first kappa shape index (κ1) is 15.9. The Morgan fingerprint density at radius 1 is 1.27 bits per heavy atom. The van der Waals surface area contributed by atoms with Crippen LogP contribution in [0.4, 0.5) is 5.69 Å². The zero-order chi connectivity index (χ0) is 15.9. The van der Waals surface area contributed by atoms with E-state index in [1.165, 1.54) is 12.1 Å². The maximum atomic E-state index is 11.9. The molecular weight excluding hydrogens is 308 g/mol. The Bertz CT molecular complexity index is 676. The first-order valence-electron chi connectivity index (χ1n) is 6.58. The molecule has 0 aliphatic rings. The Labute approximate surface area is 131 Å². The fraction of sp³-hybridized carbons (Fsp3) is 0.200. The monoisotopic (exact) mass is 320 g/mol. The molecule has 0 bridgehead atoms. The summed E-state index contributed by atoms with van der Waals surface area (Å²) in [5.41, 5.74) is 0.633. The Morgan fingerprint density at radius 2 is 2.00 bits per heavy atom. The van der Waals surface area contributed by atoms with E-state index in [4.69, 9.17) is 16.3 Å². The Hall–Kier alpha value is -2.47. The van der Waals surface area contributed by atoms with Gasteiger partial charge in [-0.15, -0.1) is 0 Å². The number of aryl methyl sites for hydroxylation is 1. The number of ether oxygens (including phenoxy) is 1.